The third-order valence-corrected chi connectivity index (χ3v) is 5.79. The summed E-state index contributed by atoms with van der Waals surface area (Å²) in [4.78, 5) is 19.5. The van der Waals surface area contributed by atoms with E-state index in [-0.39, 0.29) is 6.09 Å². The highest BCUT2D eigenvalue weighted by Crippen LogP contribution is 2.53. The molecule has 1 saturated carbocycles. The van der Waals surface area contributed by atoms with Gasteiger partial charge in [-0.2, -0.15) is 0 Å². The number of ether oxygens (including phenoxy) is 1. The summed E-state index contributed by atoms with van der Waals surface area (Å²) in [5, 5.41) is 0.629. The van der Waals surface area contributed by atoms with Crippen LogP contribution in [0.3, 0.4) is 0 Å². The molecule has 2 N–H and O–H groups in total. The predicted molar refractivity (Wildman–Crippen MR) is 89.1 cm³/mol. The van der Waals surface area contributed by atoms with Gasteiger partial charge in [0, 0.05) is 30.1 Å². The van der Waals surface area contributed by atoms with Crippen molar-refractivity contribution in [2.75, 3.05) is 18.8 Å². The van der Waals surface area contributed by atoms with Crippen molar-refractivity contribution in [1.29, 1.82) is 0 Å². The van der Waals surface area contributed by atoms with Crippen LogP contribution in [0, 0.1) is 11.8 Å². The number of nitrogens with zero attached hydrogens (tertiary/aromatic N) is 2. The first-order valence-electron chi connectivity index (χ1n) is 7.87. The van der Waals surface area contributed by atoms with Crippen LogP contribution >= 0.6 is 11.3 Å². The van der Waals surface area contributed by atoms with Gasteiger partial charge < -0.3 is 15.4 Å². The van der Waals surface area contributed by atoms with Crippen molar-refractivity contribution in [3.05, 3.63) is 47.0 Å². The van der Waals surface area contributed by atoms with E-state index in [1.165, 1.54) is 11.3 Å². The van der Waals surface area contributed by atoms with Gasteiger partial charge in [-0.1, -0.05) is 30.3 Å². The number of hydrogen-bond donors (Lipinski definition) is 1. The minimum absolute atomic E-state index is 0.203. The van der Waals surface area contributed by atoms with E-state index in [1.54, 1.807) is 11.3 Å². The Morgan fingerprint density at radius 2 is 2.04 bits per heavy atom. The molecule has 3 heterocycles. The number of carbonyl (C=O) groups excluding carboxylic acids is 1. The Morgan fingerprint density at radius 3 is 2.70 bits per heavy atom. The molecule has 120 valence electrons. The first-order chi connectivity index (χ1) is 11.2. The molecule has 3 aliphatic rings. The highest BCUT2D eigenvalue weighted by molar-refractivity contribution is 7.15. The molecule has 1 aromatic carbocycles. The molecule has 2 aliphatic heterocycles. The maximum atomic E-state index is 12.3. The SMILES string of the molecule is Nc1ncc(C2[C@@H]3C[C@H]2CN(C(=O)OCc2ccccc2)C3)s1. The fourth-order valence-electron chi connectivity index (χ4n) is 3.77. The van der Waals surface area contributed by atoms with Gasteiger partial charge in [0.25, 0.3) is 0 Å². The van der Waals surface area contributed by atoms with Crippen molar-refractivity contribution in [1.82, 2.24) is 9.88 Å². The normalized spacial score (nSPS) is 25.7. The topological polar surface area (TPSA) is 68.5 Å². The number of carbonyl (C=O) groups is 1. The van der Waals surface area contributed by atoms with Gasteiger partial charge in [-0.15, -0.1) is 11.3 Å². The van der Waals surface area contributed by atoms with E-state index in [0.717, 1.165) is 18.7 Å². The van der Waals surface area contributed by atoms with Crippen molar-refractivity contribution >= 4 is 22.6 Å². The van der Waals surface area contributed by atoms with Crippen LogP contribution in [0.4, 0.5) is 9.93 Å². The highest BCUT2D eigenvalue weighted by atomic mass is 32.1. The number of piperidine rings is 2. The molecule has 5 nitrogen and oxygen atoms in total. The monoisotopic (exact) mass is 329 g/mol. The fourth-order valence-corrected chi connectivity index (χ4v) is 4.74. The lowest BCUT2D eigenvalue weighted by molar-refractivity contribution is -0.00449. The number of rotatable bonds is 3. The lowest BCUT2D eigenvalue weighted by Gasteiger charge is -2.52. The zero-order valence-electron chi connectivity index (χ0n) is 12.7. The minimum atomic E-state index is -0.203. The average Bonchev–Trinajstić information content (AvgIpc) is 2.99. The smallest absolute Gasteiger partial charge is 0.410 e. The van der Waals surface area contributed by atoms with Crippen molar-refractivity contribution < 1.29 is 9.53 Å². The van der Waals surface area contributed by atoms with Crippen molar-refractivity contribution in [3.63, 3.8) is 0 Å². The summed E-state index contributed by atoms with van der Waals surface area (Å²) in [7, 11) is 0. The second-order valence-electron chi connectivity index (χ2n) is 6.33. The van der Waals surface area contributed by atoms with Gasteiger partial charge >= 0.3 is 6.09 Å². The van der Waals surface area contributed by atoms with Gasteiger partial charge in [-0.3, -0.25) is 0 Å². The van der Waals surface area contributed by atoms with Gasteiger partial charge in [0.1, 0.15) is 6.61 Å². The molecule has 3 atom stereocenters. The Labute approximate surface area is 139 Å². The summed E-state index contributed by atoms with van der Waals surface area (Å²) >= 11 is 1.58. The molecular weight excluding hydrogens is 310 g/mol. The van der Waals surface area contributed by atoms with Crippen molar-refractivity contribution in [2.45, 2.75) is 18.9 Å². The van der Waals surface area contributed by atoms with Gasteiger partial charge in [0.15, 0.2) is 5.13 Å². The molecular formula is C17H19N3O2S. The maximum Gasteiger partial charge on any atom is 0.410 e. The van der Waals surface area contributed by atoms with Crippen LogP contribution in [0.5, 0.6) is 0 Å². The van der Waals surface area contributed by atoms with E-state index < -0.39 is 0 Å². The predicted octanol–water partition coefficient (Wildman–Crippen LogP) is 3.10. The number of anilines is 1. The molecule has 1 unspecified atom stereocenters. The van der Waals surface area contributed by atoms with E-state index in [2.05, 4.69) is 4.98 Å². The number of benzene rings is 1. The van der Waals surface area contributed by atoms with Crippen LogP contribution in [0.1, 0.15) is 22.8 Å². The summed E-state index contributed by atoms with van der Waals surface area (Å²) < 4.78 is 5.44. The quantitative estimate of drug-likeness (QED) is 0.939. The van der Waals surface area contributed by atoms with Crippen LogP contribution in [-0.2, 0) is 11.3 Å². The maximum absolute atomic E-state index is 12.3. The second-order valence-corrected chi connectivity index (χ2v) is 7.42. The molecule has 1 amide bonds. The number of thiazole rings is 1. The molecule has 2 saturated heterocycles. The van der Waals surface area contributed by atoms with E-state index in [1.807, 2.05) is 41.4 Å². The van der Waals surface area contributed by atoms with Gasteiger partial charge in [0.05, 0.1) is 0 Å². The number of aromatic nitrogens is 1. The number of hydrogen-bond acceptors (Lipinski definition) is 5. The van der Waals surface area contributed by atoms with Crippen LogP contribution in [0.2, 0.25) is 0 Å². The van der Waals surface area contributed by atoms with Gasteiger partial charge in [-0.05, 0) is 23.8 Å². The Bertz CT molecular complexity index is 691. The molecule has 0 radical (unpaired) electrons. The molecule has 0 spiro atoms. The molecule has 23 heavy (non-hydrogen) atoms. The summed E-state index contributed by atoms with van der Waals surface area (Å²) in [6.45, 7) is 1.87. The summed E-state index contributed by atoms with van der Waals surface area (Å²) in [5.74, 6) is 1.54. The Morgan fingerprint density at radius 1 is 1.30 bits per heavy atom. The van der Waals surface area contributed by atoms with E-state index in [4.69, 9.17) is 10.5 Å². The third kappa shape index (κ3) is 2.79. The van der Waals surface area contributed by atoms with Crippen LogP contribution in [-0.4, -0.2) is 29.1 Å². The third-order valence-electron chi connectivity index (χ3n) is 4.86. The lowest BCUT2D eigenvalue weighted by Crippen LogP contribution is -2.55. The Balaban J connectivity index is 1.34. The molecule has 1 aromatic heterocycles. The molecule has 1 aliphatic carbocycles. The molecule has 2 bridgehead atoms. The first-order valence-corrected chi connectivity index (χ1v) is 8.69. The largest absolute Gasteiger partial charge is 0.445 e. The van der Waals surface area contributed by atoms with Crippen molar-refractivity contribution in [2.24, 2.45) is 11.8 Å². The molecule has 6 heteroatoms. The summed E-state index contributed by atoms with van der Waals surface area (Å²) in [5.41, 5.74) is 6.75. The molecule has 2 aromatic rings. The second kappa shape index (κ2) is 5.85. The van der Waals surface area contributed by atoms with Crippen molar-refractivity contribution in [3.8, 4) is 0 Å². The molecule has 5 rings (SSSR count). The number of amides is 1. The first kappa shape index (κ1) is 14.5. The van der Waals surface area contributed by atoms with Gasteiger partial charge in [0.2, 0.25) is 0 Å². The standard InChI is InChI=1S/C17H19N3O2S/c18-16-19-7-14(23-16)15-12-6-13(15)9-20(8-12)17(21)22-10-11-4-2-1-3-5-11/h1-5,7,12-13,15H,6,8-10H2,(H2,18,19)/t12-,13+,15?. The highest BCUT2D eigenvalue weighted by Gasteiger charge is 2.49. The lowest BCUT2D eigenvalue weighted by atomic mass is 9.61. The number of nitrogens with two attached hydrogens (primary N) is 1. The van der Waals surface area contributed by atoms with E-state index >= 15 is 0 Å². The number of nitrogen functional groups attached to an aromatic ring is 1. The van der Waals surface area contributed by atoms with Crippen LogP contribution in [0.15, 0.2) is 36.5 Å². The zero-order chi connectivity index (χ0) is 15.8. The summed E-state index contributed by atoms with van der Waals surface area (Å²) in [6, 6.07) is 9.78. The average molecular weight is 329 g/mol. The van der Waals surface area contributed by atoms with E-state index in [0.29, 0.717) is 29.5 Å². The molecule has 3 fully saturated rings. The van der Waals surface area contributed by atoms with E-state index in [9.17, 15) is 4.79 Å². The van der Waals surface area contributed by atoms with Gasteiger partial charge in [-0.25, -0.2) is 9.78 Å². The fraction of sp³-hybridized carbons (Fsp3) is 0.412. The van der Waals surface area contributed by atoms with Crippen LogP contribution in [0.25, 0.3) is 0 Å². The Hall–Kier alpha value is -2.08. The summed E-state index contributed by atoms with van der Waals surface area (Å²) in [6.07, 6.45) is 2.88. The van der Waals surface area contributed by atoms with Crippen LogP contribution < -0.4 is 5.73 Å². The Kier molecular flexibility index (Phi) is 3.69. The zero-order valence-corrected chi connectivity index (χ0v) is 13.5. The number of fused-ring (bicyclic) bond motifs is 2. The minimum Gasteiger partial charge on any atom is -0.445 e.